The molecule has 0 fully saturated rings. The Kier molecular flexibility index (Phi) is 6.86. The molecule has 6 aromatic carbocycles. The van der Waals surface area contributed by atoms with E-state index >= 15 is 0 Å². The zero-order valence-electron chi connectivity index (χ0n) is 26.2. The number of para-hydroxylation sites is 6. The molecule has 7 aromatic rings. The van der Waals surface area contributed by atoms with Gasteiger partial charge < -0.3 is 20.4 Å². The molecule has 0 spiro atoms. The highest BCUT2D eigenvalue weighted by Crippen LogP contribution is 2.47. The summed E-state index contributed by atoms with van der Waals surface area (Å²) in [7, 11) is 0. The van der Waals surface area contributed by atoms with Crippen LogP contribution in [0.25, 0.3) is 22.5 Å². The third-order valence-corrected chi connectivity index (χ3v) is 9.29. The van der Waals surface area contributed by atoms with E-state index in [0.717, 1.165) is 45.3 Å². The zero-order chi connectivity index (χ0) is 31.9. The van der Waals surface area contributed by atoms with Crippen LogP contribution in [0.3, 0.4) is 0 Å². The molecule has 48 heavy (non-hydrogen) atoms. The fraction of sp³-hybridized carbons (Fsp3) is 0.0465. The van der Waals surface area contributed by atoms with Gasteiger partial charge in [0.05, 0.1) is 34.1 Å². The fourth-order valence-corrected chi connectivity index (χ4v) is 6.96. The van der Waals surface area contributed by atoms with Crippen LogP contribution in [-0.2, 0) is 0 Å². The number of hydrogen-bond donors (Lipinski definition) is 2. The molecule has 2 unspecified atom stereocenters. The molecule has 5 nitrogen and oxygen atoms in total. The molecule has 2 aliphatic heterocycles. The molecule has 230 valence electrons. The highest BCUT2D eigenvalue weighted by molar-refractivity contribution is 5.84. The number of rotatable bonds is 6. The van der Waals surface area contributed by atoms with Crippen molar-refractivity contribution in [1.82, 2.24) is 4.98 Å². The van der Waals surface area contributed by atoms with Gasteiger partial charge in [0, 0.05) is 22.5 Å². The fourth-order valence-electron chi connectivity index (χ4n) is 6.96. The lowest BCUT2D eigenvalue weighted by Gasteiger charge is -2.27. The van der Waals surface area contributed by atoms with Crippen molar-refractivity contribution >= 4 is 34.1 Å². The summed E-state index contributed by atoms with van der Waals surface area (Å²) in [6.07, 6.45) is -0.00625. The molecule has 5 heteroatoms. The standard InChI is InChI=1S/C43H33N5/c1-3-12-34(13-4-1)47-40-20-9-7-16-38(40)45-42(47)32-26-22-30(23-27-32)36-18-11-19-37(44-36)31-24-28-33(29-25-31)43-46-39-17-8-10-21-41(39)48(43)35-14-5-2-6-15-35/h1-29,42-43,45-46H. The van der Waals surface area contributed by atoms with Crippen molar-refractivity contribution in [2.45, 2.75) is 12.3 Å². The summed E-state index contributed by atoms with van der Waals surface area (Å²) >= 11 is 0. The van der Waals surface area contributed by atoms with Crippen LogP contribution in [0, 0.1) is 0 Å². The Labute approximate surface area is 280 Å². The maximum atomic E-state index is 5.11. The summed E-state index contributed by atoms with van der Waals surface area (Å²) in [4.78, 5) is 9.84. The number of benzene rings is 6. The van der Waals surface area contributed by atoms with E-state index in [1.807, 2.05) is 0 Å². The molecule has 2 N–H and O–H groups in total. The first-order valence-electron chi connectivity index (χ1n) is 16.4. The number of hydrogen-bond acceptors (Lipinski definition) is 5. The number of pyridine rings is 1. The Balaban J connectivity index is 0.974. The molecular formula is C43H33N5. The number of nitrogens with zero attached hydrogens (tertiary/aromatic N) is 3. The van der Waals surface area contributed by atoms with Crippen LogP contribution in [0.15, 0.2) is 176 Å². The lowest BCUT2D eigenvalue weighted by molar-refractivity contribution is 0.828. The van der Waals surface area contributed by atoms with Gasteiger partial charge in [-0.25, -0.2) is 4.98 Å². The summed E-state index contributed by atoms with van der Waals surface area (Å²) in [5.41, 5.74) is 13.4. The molecule has 0 bridgehead atoms. The van der Waals surface area contributed by atoms with Crippen molar-refractivity contribution in [2.24, 2.45) is 0 Å². The molecule has 3 heterocycles. The van der Waals surface area contributed by atoms with Gasteiger partial charge in [-0.2, -0.15) is 0 Å². The number of aromatic nitrogens is 1. The van der Waals surface area contributed by atoms with E-state index in [2.05, 4.69) is 196 Å². The van der Waals surface area contributed by atoms with E-state index in [0.29, 0.717) is 0 Å². The topological polar surface area (TPSA) is 43.4 Å². The third-order valence-electron chi connectivity index (χ3n) is 9.29. The highest BCUT2D eigenvalue weighted by Gasteiger charge is 2.32. The van der Waals surface area contributed by atoms with Crippen molar-refractivity contribution in [2.75, 3.05) is 20.4 Å². The minimum Gasteiger partial charge on any atom is -0.359 e. The summed E-state index contributed by atoms with van der Waals surface area (Å²) < 4.78 is 0. The largest absolute Gasteiger partial charge is 0.359 e. The molecule has 0 amide bonds. The van der Waals surface area contributed by atoms with Crippen LogP contribution in [-0.4, -0.2) is 4.98 Å². The minimum absolute atomic E-state index is 0.00313. The maximum Gasteiger partial charge on any atom is 0.130 e. The van der Waals surface area contributed by atoms with Crippen molar-refractivity contribution in [3.8, 4) is 22.5 Å². The zero-order valence-corrected chi connectivity index (χ0v) is 26.2. The Hall–Kier alpha value is -6.33. The Morgan fingerprint density at radius 3 is 1.21 bits per heavy atom. The van der Waals surface area contributed by atoms with E-state index in [-0.39, 0.29) is 12.3 Å². The smallest absolute Gasteiger partial charge is 0.130 e. The van der Waals surface area contributed by atoms with Gasteiger partial charge in [0.25, 0.3) is 0 Å². The van der Waals surface area contributed by atoms with Crippen LogP contribution in [0.5, 0.6) is 0 Å². The average molecular weight is 620 g/mol. The summed E-state index contributed by atoms with van der Waals surface area (Å²) in [5, 5.41) is 7.47. The molecule has 9 rings (SSSR count). The van der Waals surface area contributed by atoms with Gasteiger partial charge in [-0.1, -0.05) is 115 Å². The quantitative estimate of drug-likeness (QED) is 0.194. The second kappa shape index (κ2) is 11.8. The average Bonchev–Trinajstić information content (AvgIpc) is 3.75. The van der Waals surface area contributed by atoms with Gasteiger partial charge in [-0.3, -0.25) is 0 Å². The monoisotopic (exact) mass is 619 g/mol. The summed E-state index contributed by atoms with van der Waals surface area (Å²) in [5.74, 6) is 0. The van der Waals surface area contributed by atoms with Crippen LogP contribution < -0.4 is 20.4 Å². The predicted molar refractivity (Wildman–Crippen MR) is 198 cm³/mol. The van der Waals surface area contributed by atoms with Crippen LogP contribution in [0.2, 0.25) is 0 Å². The van der Waals surface area contributed by atoms with Crippen LogP contribution in [0.1, 0.15) is 23.5 Å². The van der Waals surface area contributed by atoms with E-state index in [1.165, 1.54) is 22.5 Å². The van der Waals surface area contributed by atoms with Gasteiger partial charge in [-0.15, -0.1) is 0 Å². The number of anilines is 6. The molecule has 1 aromatic heterocycles. The second-order valence-electron chi connectivity index (χ2n) is 12.2. The minimum atomic E-state index is -0.00313. The molecule has 2 aliphatic rings. The maximum absolute atomic E-state index is 5.11. The van der Waals surface area contributed by atoms with Gasteiger partial charge in [0.15, 0.2) is 0 Å². The van der Waals surface area contributed by atoms with Crippen LogP contribution in [0.4, 0.5) is 34.1 Å². The lowest BCUT2D eigenvalue weighted by atomic mass is 10.0. The van der Waals surface area contributed by atoms with Crippen molar-refractivity contribution in [1.29, 1.82) is 0 Å². The summed E-state index contributed by atoms with van der Waals surface area (Å²) in [6.45, 7) is 0. The second-order valence-corrected chi connectivity index (χ2v) is 12.2. The Morgan fingerprint density at radius 2 is 0.771 bits per heavy atom. The normalized spacial score (nSPS) is 16.2. The predicted octanol–water partition coefficient (Wildman–Crippen LogP) is 10.9. The van der Waals surface area contributed by atoms with Gasteiger partial charge >= 0.3 is 0 Å². The molecule has 0 radical (unpaired) electrons. The molecule has 0 saturated carbocycles. The third kappa shape index (κ3) is 4.93. The van der Waals surface area contributed by atoms with Gasteiger partial charge in [0.2, 0.25) is 0 Å². The van der Waals surface area contributed by atoms with Crippen molar-refractivity contribution in [3.05, 3.63) is 187 Å². The molecule has 0 aliphatic carbocycles. The molecule has 0 saturated heterocycles. The highest BCUT2D eigenvalue weighted by atomic mass is 15.3. The molecular weight excluding hydrogens is 587 g/mol. The first-order valence-corrected chi connectivity index (χ1v) is 16.4. The van der Waals surface area contributed by atoms with Crippen molar-refractivity contribution in [3.63, 3.8) is 0 Å². The first kappa shape index (κ1) is 27.9. The molecule has 2 atom stereocenters. The SMILES string of the molecule is c1ccc(N2c3ccccc3NC2c2ccc(-c3cccc(-c4ccc(C5Nc6ccccc6N5c5ccccc5)cc4)n3)cc2)cc1. The van der Waals surface area contributed by atoms with E-state index < -0.39 is 0 Å². The summed E-state index contributed by atoms with van der Waals surface area (Å²) in [6, 6.07) is 62.0. The number of fused-ring (bicyclic) bond motifs is 2. The van der Waals surface area contributed by atoms with Gasteiger partial charge in [-0.05, 0) is 71.8 Å². The number of nitrogens with one attached hydrogen (secondary N) is 2. The Morgan fingerprint density at radius 1 is 0.375 bits per heavy atom. The van der Waals surface area contributed by atoms with Crippen molar-refractivity contribution < 1.29 is 0 Å². The Bertz CT molecular complexity index is 2040. The lowest BCUT2D eigenvalue weighted by Crippen LogP contribution is -2.23. The van der Waals surface area contributed by atoms with E-state index in [9.17, 15) is 0 Å². The van der Waals surface area contributed by atoms with Crippen LogP contribution >= 0.6 is 0 Å². The van der Waals surface area contributed by atoms with E-state index in [4.69, 9.17) is 4.98 Å². The first-order chi connectivity index (χ1) is 23.8. The van der Waals surface area contributed by atoms with Gasteiger partial charge in [0.1, 0.15) is 12.3 Å². The van der Waals surface area contributed by atoms with E-state index in [1.54, 1.807) is 0 Å².